The molecule has 0 aromatic rings. The van der Waals surface area contributed by atoms with Gasteiger partial charge in [-0.3, -0.25) is 9.69 Å². The average Bonchev–Trinajstić information content (AvgIpc) is 2.85. The van der Waals surface area contributed by atoms with Crippen molar-refractivity contribution >= 4 is 44.6 Å². The van der Waals surface area contributed by atoms with Gasteiger partial charge in [-0.25, -0.2) is 4.79 Å². The second kappa shape index (κ2) is 7.73. The Balaban J connectivity index is 2.14. The summed E-state index contributed by atoms with van der Waals surface area (Å²) in [6.07, 6.45) is 1.32. The summed E-state index contributed by atoms with van der Waals surface area (Å²) in [6.45, 7) is 16.5. The number of thiol groups is 1. The van der Waals surface area contributed by atoms with Crippen LogP contribution in [0.2, 0.25) is 18.1 Å². The molecule has 0 bridgehead atoms. The molecule has 8 heteroatoms. The fraction of sp³-hybridized carbons (Fsp3) is 0.667. The number of esters is 1. The molecule has 1 amide bonds. The summed E-state index contributed by atoms with van der Waals surface area (Å²) >= 11 is 5.84. The van der Waals surface area contributed by atoms with Gasteiger partial charge in [-0.2, -0.15) is 12.6 Å². The molecule has 0 spiro atoms. The second-order valence-corrected chi connectivity index (χ2v) is 14.4. The molecule has 1 fully saturated rings. The SMILES string of the molecule is C=CCOC(=O)C1=C(CS)S[C@@H]2[C@@H](C(C)O[Si](C)(C)C(C)(C)C)C(=O)N12. The van der Waals surface area contributed by atoms with Crippen molar-refractivity contribution in [3.05, 3.63) is 23.3 Å². The van der Waals surface area contributed by atoms with Crippen LogP contribution in [-0.4, -0.2) is 48.9 Å². The molecule has 0 aromatic heterocycles. The molecule has 0 aromatic carbocycles. The van der Waals surface area contributed by atoms with Gasteiger partial charge in [-0.15, -0.1) is 11.8 Å². The van der Waals surface area contributed by atoms with Crippen LogP contribution in [0.15, 0.2) is 23.3 Å². The number of β-lactam (4-membered cyclic amide) rings is 1. The van der Waals surface area contributed by atoms with Gasteiger partial charge in [0.2, 0.25) is 5.91 Å². The van der Waals surface area contributed by atoms with Crippen molar-refractivity contribution in [1.82, 2.24) is 4.90 Å². The lowest BCUT2D eigenvalue weighted by atomic mass is 9.92. The zero-order valence-corrected chi connectivity index (χ0v) is 19.1. The third-order valence-corrected chi connectivity index (χ3v) is 11.8. The molecule has 26 heavy (non-hydrogen) atoms. The van der Waals surface area contributed by atoms with E-state index in [1.165, 1.54) is 17.8 Å². The molecule has 0 aliphatic carbocycles. The highest BCUT2D eigenvalue weighted by molar-refractivity contribution is 8.04. The first kappa shape index (κ1) is 21.6. The van der Waals surface area contributed by atoms with Crippen molar-refractivity contribution in [1.29, 1.82) is 0 Å². The van der Waals surface area contributed by atoms with Gasteiger partial charge < -0.3 is 9.16 Å². The largest absolute Gasteiger partial charge is 0.457 e. The quantitative estimate of drug-likeness (QED) is 0.225. The maximum atomic E-state index is 12.8. The van der Waals surface area contributed by atoms with Crippen LogP contribution in [0, 0.1) is 5.92 Å². The van der Waals surface area contributed by atoms with Crippen LogP contribution in [0.1, 0.15) is 27.7 Å². The zero-order valence-electron chi connectivity index (χ0n) is 16.4. The molecule has 3 atom stereocenters. The van der Waals surface area contributed by atoms with Gasteiger partial charge in [-0.05, 0) is 25.1 Å². The lowest BCUT2D eigenvalue weighted by Crippen LogP contribution is -2.62. The van der Waals surface area contributed by atoms with E-state index < -0.39 is 14.3 Å². The van der Waals surface area contributed by atoms with E-state index in [2.05, 4.69) is 53.1 Å². The van der Waals surface area contributed by atoms with E-state index in [1.54, 1.807) is 4.90 Å². The van der Waals surface area contributed by atoms with Crippen molar-refractivity contribution in [3.63, 3.8) is 0 Å². The Bertz CT molecular complexity index is 642. The molecule has 0 N–H and O–H groups in total. The fourth-order valence-corrected chi connectivity index (χ4v) is 6.12. The minimum absolute atomic E-state index is 0.0731. The number of ether oxygens (including phenoxy) is 1. The number of hydrogen-bond donors (Lipinski definition) is 1. The molecule has 2 aliphatic heterocycles. The van der Waals surface area contributed by atoms with Crippen LogP contribution >= 0.6 is 24.4 Å². The molecule has 2 aliphatic rings. The first-order chi connectivity index (χ1) is 12.0. The molecule has 1 unspecified atom stereocenters. The van der Waals surface area contributed by atoms with Gasteiger partial charge in [0.25, 0.3) is 0 Å². The Morgan fingerprint density at radius 2 is 2.08 bits per heavy atom. The molecule has 2 heterocycles. The smallest absolute Gasteiger partial charge is 0.356 e. The molecule has 2 rings (SSSR count). The number of hydrogen-bond acceptors (Lipinski definition) is 6. The van der Waals surface area contributed by atoms with E-state index >= 15 is 0 Å². The summed E-state index contributed by atoms with van der Waals surface area (Å²) in [5, 5.41) is -0.0410. The molecule has 1 saturated heterocycles. The number of rotatable bonds is 7. The van der Waals surface area contributed by atoms with Gasteiger partial charge in [0.15, 0.2) is 8.32 Å². The van der Waals surface area contributed by atoms with Crippen LogP contribution in [-0.2, 0) is 18.8 Å². The fourth-order valence-electron chi connectivity index (χ4n) is 2.86. The molecular formula is C18H29NO4S2Si. The van der Waals surface area contributed by atoms with Gasteiger partial charge in [0.05, 0.1) is 12.0 Å². The monoisotopic (exact) mass is 415 g/mol. The Morgan fingerprint density at radius 1 is 1.46 bits per heavy atom. The van der Waals surface area contributed by atoms with Crippen molar-refractivity contribution in [2.75, 3.05) is 12.4 Å². The van der Waals surface area contributed by atoms with E-state index in [1.807, 2.05) is 6.92 Å². The Kier molecular flexibility index (Phi) is 6.42. The highest BCUT2D eigenvalue weighted by atomic mass is 32.2. The third-order valence-electron chi connectivity index (χ3n) is 5.31. The van der Waals surface area contributed by atoms with Gasteiger partial charge in [-0.1, -0.05) is 33.4 Å². The number of carbonyl (C=O) groups excluding carboxylic acids is 2. The van der Waals surface area contributed by atoms with E-state index in [9.17, 15) is 9.59 Å². The lowest BCUT2D eigenvalue weighted by molar-refractivity contribution is -0.157. The van der Waals surface area contributed by atoms with Crippen LogP contribution in [0.3, 0.4) is 0 Å². The summed E-state index contributed by atoms with van der Waals surface area (Å²) in [7, 11) is -1.98. The molecule has 0 saturated carbocycles. The summed E-state index contributed by atoms with van der Waals surface area (Å²) < 4.78 is 11.6. The van der Waals surface area contributed by atoms with Crippen molar-refractivity contribution in [2.24, 2.45) is 5.92 Å². The number of carbonyl (C=O) groups is 2. The van der Waals surface area contributed by atoms with Crippen molar-refractivity contribution in [2.45, 2.75) is 57.3 Å². The molecule has 146 valence electrons. The number of nitrogens with zero attached hydrogens (tertiary/aromatic N) is 1. The summed E-state index contributed by atoms with van der Waals surface area (Å²) in [4.78, 5) is 27.5. The van der Waals surface area contributed by atoms with Crippen LogP contribution in [0.25, 0.3) is 0 Å². The van der Waals surface area contributed by atoms with E-state index in [4.69, 9.17) is 9.16 Å². The lowest BCUT2D eigenvalue weighted by Gasteiger charge is -2.48. The standard InChI is InChI=1S/C18H29NO4S2Si/c1-8-9-22-17(21)14-12(10-24)25-16-13(15(20)19(14)16)11(2)23-26(6,7)18(3,4)5/h8,11,13,16,24H,1,9-10H2,2-7H3/t11?,13-,16+/m0/s1. The van der Waals surface area contributed by atoms with Crippen LogP contribution in [0.5, 0.6) is 0 Å². The van der Waals surface area contributed by atoms with Gasteiger partial charge >= 0.3 is 5.97 Å². The number of amides is 1. The van der Waals surface area contributed by atoms with Crippen LogP contribution < -0.4 is 0 Å². The topological polar surface area (TPSA) is 55.8 Å². The predicted molar refractivity (Wildman–Crippen MR) is 111 cm³/mol. The highest BCUT2D eigenvalue weighted by Crippen LogP contribution is 2.52. The number of thioether (sulfide) groups is 1. The Labute approximate surface area is 167 Å². The maximum absolute atomic E-state index is 12.8. The highest BCUT2D eigenvalue weighted by Gasteiger charge is 2.58. The Hall–Kier alpha value is -0.703. The van der Waals surface area contributed by atoms with Gasteiger partial charge in [0, 0.05) is 10.7 Å². The van der Waals surface area contributed by atoms with Gasteiger partial charge in [0.1, 0.15) is 17.7 Å². The van der Waals surface area contributed by atoms with E-state index in [-0.39, 0.29) is 34.9 Å². The zero-order chi connectivity index (χ0) is 19.9. The molecule has 5 nitrogen and oxygen atoms in total. The average molecular weight is 416 g/mol. The molecular weight excluding hydrogens is 386 g/mol. The van der Waals surface area contributed by atoms with Crippen molar-refractivity contribution < 1.29 is 18.8 Å². The maximum Gasteiger partial charge on any atom is 0.356 e. The minimum Gasteiger partial charge on any atom is -0.457 e. The van der Waals surface area contributed by atoms with E-state index in [0.29, 0.717) is 11.4 Å². The summed E-state index contributed by atoms with van der Waals surface area (Å²) in [5.74, 6) is -0.424. The second-order valence-electron chi connectivity index (χ2n) is 8.14. The van der Waals surface area contributed by atoms with Crippen LogP contribution in [0.4, 0.5) is 0 Å². The minimum atomic E-state index is -1.98. The van der Waals surface area contributed by atoms with E-state index in [0.717, 1.165) is 4.91 Å². The molecule has 0 radical (unpaired) electrons. The first-order valence-corrected chi connectivity index (χ1v) is 13.2. The normalized spacial score (nSPS) is 24.3. The predicted octanol–water partition coefficient (Wildman–Crippen LogP) is 3.80. The number of fused-ring (bicyclic) bond motifs is 1. The first-order valence-electron chi connectivity index (χ1n) is 8.76. The summed E-state index contributed by atoms with van der Waals surface area (Å²) in [6, 6.07) is 0. The Morgan fingerprint density at radius 3 is 2.58 bits per heavy atom. The van der Waals surface area contributed by atoms with Crippen molar-refractivity contribution in [3.8, 4) is 0 Å². The third kappa shape index (κ3) is 3.79. The summed E-state index contributed by atoms with van der Waals surface area (Å²) in [5.41, 5.74) is 0.331.